The van der Waals surface area contributed by atoms with Gasteiger partial charge in [0.05, 0.1) is 0 Å². The third kappa shape index (κ3) is 2.43. The van der Waals surface area contributed by atoms with E-state index in [1.807, 2.05) is 18.2 Å². The number of aromatic nitrogens is 1. The van der Waals surface area contributed by atoms with Crippen LogP contribution in [0.2, 0.25) is 0 Å². The minimum Gasteiger partial charge on any atom is -0.478 e. The average molecular weight is 203 g/mol. The van der Waals surface area contributed by atoms with Crippen molar-refractivity contribution in [3.8, 4) is 0 Å². The molecule has 1 saturated carbocycles. The Balaban J connectivity index is 2.08. The van der Waals surface area contributed by atoms with Crippen LogP contribution in [-0.2, 0) is 4.79 Å². The molecule has 1 aliphatic rings. The van der Waals surface area contributed by atoms with Crippen molar-refractivity contribution in [2.45, 2.75) is 25.2 Å². The molecule has 1 N–H and O–H groups in total. The minimum absolute atomic E-state index is 0.400. The van der Waals surface area contributed by atoms with Crippen molar-refractivity contribution in [3.63, 3.8) is 0 Å². The predicted octanol–water partition coefficient (Wildman–Crippen LogP) is 2.36. The number of aliphatic carboxylic acids is 1. The van der Waals surface area contributed by atoms with Gasteiger partial charge in [-0.25, -0.2) is 4.79 Å². The van der Waals surface area contributed by atoms with Crippen molar-refractivity contribution in [3.05, 3.63) is 41.7 Å². The van der Waals surface area contributed by atoms with Crippen LogP contribution in [0, 0.1) is 0 Å². The van der Waals surface area contributed by atoms with Gasteiger partial charge in [0.25, 0.3) is 0 Å². The lowest BCUT2D eigenvalue weighted by molar-refractivity contribution is -0.131. The monoisotopic (exact) mass is 203 g/mol. The van der Waals surface area contributed by atoms with Crippen LogP contribution in [0.5, 0.6) is 0 Å². The Hall–Kier alpha value is -1.64. The van der Waals surface area contributed by atoms with Crippen molar-refractivity contribution in [2.75, 3.05) is 0 Å². The summed E-state index contributed by atoms with van der Waals surface area (Å²) in [5.41, 5.74) is 2.10. The Morgan fingerprint density at radius 3 is 3.07 bits per heavy atom. The van der Waals surface area contributed by atoms with Gasteiger partial charge in [0.1, 0.15) is 0 Å². The van der Waals surface area contributed by atoms with Crippen molar-refractivity contribution < 1.29 is 9.90 Å². The Morgan fingerprint density at radius 2 is 2.40 bits per heavy atom. The Labute approximate surface area is 88.5 Å². The highest BCUT2D eigenvalue weighted by Crippen LogP contribution is 2.36. The maximum atomic E-state index is 10.5. The van der Waals surface area contributed by atoms with Crippen molar-refractivity contribution in [1.82, 2.24) is 4.98 Å². The first-order valence-corrected chi connectivity index (χ1v) is 5.09. The lowest BCUT2D eigenvalue weighted by Gasteiger charge is -2.06. The van der Waals surface area contributed by atoms with E-state index < -0.39 is 5.97 Å². The maximum Gasteiger partial charge on any atom is 0.328 e. The number of carbonyl (C=O) groups is 1. The molecule has 0 spiro atoms. The molecule has 0 aliphatic heterocycles. The first-order valence-electron chi connectivity index (χ1n) is 5.09. The second kappa shape index (κ2) is 4.26. The molecular formula is C12H13NO2. The molecule has 1 fully saturated rings. The number of carboxylic acid groups (broad SMARTS) is 1. The number of carboxylic acids is 1. The largest absolute Gasteiger partial charge is 0.478 e. The molecule has 15 heavy (non-hydrogen) atoms. The fourth-order valence-corrected chi connectivity index (χ4v) is 2.06. The van der Waals surface area contributed by atoms with Crippen LogP contribution in [0.3, 0.4) is 0 Å². The number of allylic oxidation sites excluding steroid dienone is 1. The molecule has 3 nitrogen and oxygen atoms in total. The molecule has 1 heterocycles. The van der Waals surface area contributed by atoms with Gasteiger partial charge in [-0.15, -0.1) is 0 Å². The zero-order valence-electron chi connectivity index (χ0n) is 8.39. The van der Waals surface area contributed by atoms with Crippen LogP contribution in [0.15, 0.2) is 36.0 Å². The zero-order chi connectivity index (χ0) is 10.7. The molecular weight excluding hydrogens is 190 g/mol. The van der Waals surface area contributed by atoms with E-state index in [2.05, 4.69) is 4.98 Å². The number of nitrogens with zero attached hydrogens (tertiary/aromatic N) is 1. The fraction of sp³-hybridized carbons (Fsp3) is 0.333. The molecule has 78 valence electrons. The third-order valence-corrected chi connectivity index (χ3v) is 2.76. The molecule has 3 heteroatoms. The molecule has 1 unspecified atom stereocenters. The smallest absolute Gasteiger partial charge is 0.328 e. The van der Waals surface area contributed by atoms with E-state index in [-0.39, 0.29) is 0 Å². The molecule has 0 radical (unpaired) electrons. The topological polar surface area (TPSA) is 50.2 Å². The normalized spacial score (nSPS) is 23.2. The van der Waals surface area contributed by atoms with Crippen LogP contribution < -0.4 is 0 Å². The van der Waals surface area contributed by atoms with E-state index in [4.69, 9.17) is 5.11 Å². The maximum absolute atomic E-state index is 10.5. The molecule has 1 aromatic heterocycles. The van der Waals surface area contributed by atoms with E-state index in [9.17, 15) is 4.79 Å². The quantitative estimate of drug-likeness (QED) is 0.750. The summed E-state index contributed by atoms with van der Waals surface area (Å²) in [7, 11) is 0. The second-order valence-electron chi connectivity index (χ2n) is 3.84. The molecule has 0 amide bonds. The van der Waals surface area contributed by atoms with Gasteiger partial charge in [-0.2, -0.15) is 0 Å². The van der Waals surface area contributed by atoms with Crippen LogP contribution in [0.4, 0.5) is 0 Å². The van der Waals surface area contributed by atoms with Gasteiger partial charge in [-0.3, -0.25) is 4.98 Å². The SMILES string of the molecule is O=C(O)/C=C1\CCC(c2ccccn2)C1. The third-order valence-electron chi connectivity index (χ3n) is 2.76. The highest BCUT2D eigenvalue weighted by Gasteiger charge is 2.22. The Bertz CT molecular complexity index is 384. The summed E-state index contributed by atoms with van der Waals surface area (Å²) >= 11 is 0. The summed E-state index contributed by atoms with van der Waals surface area (Å²) in [6, 6.07) is 5.88. The molecule has 0 saturated heterocycles. The van der Waals surface area contributed by atoms with Gasteiger partial charge >= 0.3 is 5.97 Å². The number of pyridine rings is 1. The summed E-state index contributed by atoms with van der Waals surface area (Å²) in [5.74, 6) is -0.441. The van der Waals surface area contributed by atoms with Gasteiger partial charge < -0.3 is 5.11 Å². The fourth-order valence-electron chi connectivity index (χ4n) is 2.06. The Morgan fingerprint density at radius 1 is 1.53 bits per heavy atom. The molecule has 1 aliphatic carbocycles. The molecule has 1 atom stereocenters. The Kier molecular flexibility index (Phi) is 2.81. The summed E-state index contributed by atoms with van der Waals surface area (Å²) in [6.45, 7) is 0. The van der Waals surface area contributed by atoms with Crippen LogP contribution >= 0.6 is 0 Å². The first kappa shape index (κ1) is 9.90. The second-order valence-corrected chi connectivity index (χ2v) is 3.84. The zero-order valence-corrected chi connectivity index (χ0v) is 8.39. The van der Waals surface area contributed by atoms with Crippen molar-refractivity contribution in [2.24, 2.45) is 0 Å². The lowest BCUT2D eigenvalue weighted by Crippen LogP contribution is -1.95. The lowest BCUT2D eigenvalue weighted by atomic mass is 10.0. The van der Waals surface area contributed by atoms with E-state index in [1.165, 1.54) is 6.08 Å². The molecule has 1 aromatic rings. The van der Waals surface area contributed by atoms with Gasteiger partial charge in [0.2, 0.25) is 0 Å². The highest BCUT2D eigenvalue weighted by atomic mass is 16.4. The van der Waals surface area contributed by atoms with Crippen molar-refractivity contribution in [1.29, 1.82) is 0 Å². The minimum atomic E-state index is -0.841. The predicted molar refractivity (Wildman–Crippen MR) is 56.5 cm³/mol. The van der Waals surface area contributed by atoms with E-state index in [1.54, 1.807) is 6.20 Å². The van der Waals surface area contributed by atoms with Crippen LogP contribution in [-0.4, -0.2) is 16.1 Å². The summed E-state index contributed by atoms with van der Waals surface area (Å²) in [4.78, 5) is 14.8. The standard InChI is InChI=1S/C12H13NO2/c14-12(15)8-9-4-5-10(7-9)11-3-1-2-6-13-11/h1-3,6,8,10H,4-5,7H2,(H,14,15)/b9-8+. The van der Waals surface area contributed by atoms with Gasteiger partial charge in [-0.1, -0.05) is 11.6 Å². The van der Waals surface area contributed by atoms with Crippen LogP contribution in [0.25, 0.3) is 0 Å². The first-order chi connectivity index (χ1) is 7.25. The number of hydrogen-bond donors (Lipinski definition) is 1. The van der Waals surface area contributed by atoms with Gasteiger partial charge in [0, 0.05) is 23.9 Å². The van der Waals surface area contributed by atoms with Crippen molar-refractivity contribution >= 4 is 5.97 Å². The van der Waals surface area contributed by atoms with E-state index in [0.717, 1.165) is 30.5 Å². The summed E-state index contributed by atoms with van der Waals surface area (Å²) in [6.07, 6.45) is 5.85. The van der Waals surface area contributed by atoms with Crippen LogP contribution in [0.1, 0.15) is 30.9 Å². The molecule has 0 bridgehead atoms. The number of hydrogen-bond acceptors (Lipinski definition) is 2. The van der Waals surface area contributed by atoms with Gasteiger partial charge in [-0.05, 0) is 31.4 Å². The molecule has 0 aromatic carbocycles. The van der Waals surface area contributed by atoms with E-state index in [0.29, 0.717) is 5.92 Å². The van der Waals surface area contributed by atoms with E-state index >= 15 is 0 Å². The summed E-state index contributed by atoms with van der Waals surface area (Å²) < 4.78 is 0. The average Bonchev–Trinajstić information content (AvgIpc) is 2.67. The molecule has 2 rings (SSSR count). The summed E-state index contributed by atoms with van der Waals surface area (Å²) in [5, 5.41) is 8.64. The highest BCUT2D eigenvalue weighted by molar-refractivity contribution is 5.80. The number of rotatable bonds is 2. The van der Waals surface area contributed by atoms with Gasteiger partial charge in [0.15, 0.2) is 0 Å².